The molecule has 0 fully saturated rings. The van der Waals surface area contributed by atoms with Crippen LogP contribution in [0.3, 0.4) is 0 Å². The van der Waals surface area contributed by atoms with Gasteiger partial charge in [-0.1, -0.05) is 96.2 Å². The van der Waals surface area contributed by atoms with Crippen molar-refractivity contribution >= 4 is 28.1 Å². The van der Waals surface area contributed by atoms with Gasteiger partial charge in [0, 0.05) is 5.38 Å². The van der Waals surface area contributed by atoms with Crippen LogP contribution in [0.1, 0.15) is 29.3 Å². The van der Waals surface area contributed by atoms with Gasteiger partial charge in [0.25, 0.3) is 5.91 Å². The largest absolute Gasteiger partial charge is 0.395 e. The van der Waals surface area contributed by atoms with Crippen LogP contribution < -0.4 is 11.1 Å². The molecule has 1 amide bonds. The SMILES string of the molecule is CCON=C(C([NH])=O)c1csc(NC(c2ccccc2)(c2ccccc2)c2ccccc2)n1. The molecule has 165 valence electrons. The lowest BCUT2D eigenvalue weighted by Gasteiger charge is -2.36. The highest BCUT2D eigenvalue weighted by atomic mass is 32.1. The molecule has 0 unspecified atom stereocenters. The minimum absolute atomic E-state index is 0.120. The molecule has 7 heteroatoms. The summed E-state index contributed by atoms with van der Waals surface area (Å²) in [5, 5.41) is 9.74. The van der Waals surface area contributed by atoms with E-state index in [2.05, 4.69) is 51.9 Å². The first-order valence-electron chi connectivity index (χ1n) is 10.5. The number of hydrogen-bond donors (Lipinski definition) is 1. The average molecular weight is 456 g/mol. The van der Waals surface area contributed by atoms with Gasteiger partial charge in [-0.25, -0.2) is 4.98 Å². The fraction of sp³-hybridized carbons (Fsp3) is 0.115. The highest BCUT2D eigenvalue weighted by Gasteiger charge is 2.37. The summed E-state index contributed by atoms with van der Waals surface area (Å²) in [6, 6.07) is 30.5. The molecule has 4 rings (SSSR count). The monoisotopic (exact) mass is 455 g/mol. The third kappa shape index (κ3) is 4.63. The number of nitrogens with one attached hydrogen (secondary N) is 2. The number of nitrogens with zero attached hydrogens (tertiary/aromatic N) is 2. The van der Waals surface area contributed by atoms with Crippen molar-refractivity contribution in [2.45, 2.75) is 12.5 Å². The van der Waals surface area contributed by atoms with Gasteiger partial charge in [0.2, 0.25) is 0 Å². The summed E-state index contributed by atoms with van der Waals surface area (Å²) in [4.78, 5) is 21.4. The minimum atomic E-state index is -0.944. The number of amides is 1. The van der Waals surface area contributed by atoms with E-state index in [1.54, 1.807) is 12.3 Å². The van der Waals surface area contributed by atoms with Gasteiger partial charge >= 0.3 is 0 Å². The number of benzene rings is 3. The zero-order valence-corrected chi connectivity index (χ0v) is 18.9. The summed E-state index contributed by atoms with van der Waals surface area (Å²) in [5.74, 6) is -0.944. The number of hydrogen-bond acceptors (Lipinski definition) is 6. The lowest BCUT2D eigenvalue weighted by atomic mass is 9.77. The second-order valence-corrected chi connectivity index (χ2v) is 8.06. The number of carbonyl (C=O) groups is 1. The Morgan fingerprint density at radius 3 is 1.85 bits per heavy atom. The van der Waals surface area contributed by atoms with Crippen LogP contribution >= 0.6 is 11.3 Å². The van der Waals surface area contributed by atoms with Crippen LogP contribution in [-0.4, -0.2) is 23.2 Å². The number of carbonyl (C=O) groups excluding carboxylic acids is 1. The summed E-state index contributed by atoms with van der Waals surface area (Å²) in [6.45, 7) is 2.06. The van der Waals surface area contributed by atoms with Crippen molar-refractivity contribution in [1.82, 2.24) is 10.7 Å². The maximum atomic E-state index is 11.8. The molecule has 0 bridgehead atoms. The molecule has 6 nitrogen and oxygen atoms in total. The van der Waals surface area contributed by atoms with Crippen molar-refractivity contribution in [3.63, 3.8) is 0 Å². The fourth-order valence-electron chi connectivity index (χ4n) is 3.71. The molecule has 3 aromatic carbocycles. The van der Waals surface area contributed by atoms with E-state index in [0.29, 0.717) is 17.4 Å². The predicted octanol–water partition coefficient (Wildman–Crippen LogP) is 5.10. The van der Waals surface area contributed by atoms with Gasteiger partial charge < -0.3 is 10.2 Å². The maximum Gasteiger partial charge on any atom is 0.294 e. The highest BCUT2D eigenvalue weighted by Crippen LogP contribution is 2.40. The van der Waals surface area contributed by atoms with E-state index in [9.17, 15) is 4.79 Å². The lowest BCUT2D eigenvalue weighted by molar-refractivity contribution is -0.112. The second-order valence-electron chi connectivity index (χ2n) is 7.20. The van der Waals surface area contributed by atoms with Crippen LogP contribution in [0.4, 0.5) is 5.13 Å². The molecule has 1 heterocycles. The number of thiazole rings is 1. The summed E-state index contributed by atoms with van der Waals surface area (Å²) in [6.07, 6.45) is 0. The third-order valence-electron chi connectivity index (χ3n) is 5.16. The van der Waals surface area contributed by atoms with Crippen LogP contribution in [0, 0.1) is 0 Å². The predicted molar refractivity (Wildman–Crippen MR) is 131 cm³/mol. The Hall–Kier alpha value is -3.97. The van der Waals surface area contributed by atoms with E-state index in [1.807, 2.05) is 54.6 Å². The molecular formula is C26H23N4O2S. The van der Waals surface area contributed by atoms with Crippen molar-refractivity contribution in [3.05, 3.63) is 119 Å². The quantitative estimate of drug-likeness (QED) is 0.216. The van der Waals surface area contributed by atoms with Crippen molar-refractivity contribution in [3.8, 4) is 0 Å². The Balaban J connectivity index is 1.87. The lowest BCUT2D eigenvalue weighted by Crippen LogP contribution is -2.38. The van der Waals surface area contributed by atoms with E-state index >= 15 is 0 Å². The summed E-state index contributed by atoms with van der Waals surface area (Å²) >= 11 is 1.35. The van der Waals surface area contributed by atoms with Crippen LogP contribution in [0.2, 0.25) is 0 Å². The number of aromatic nitrogens is 1. The van der Waals surface area contributed by atoms with E-state index < -0.39 is 11.4 Å². The van der Waals surface area contributed by atoms with Crippen molar-refractivity contribution in [1.29, 1.82) is 0 Å². The van der Waals surface area contributed by atoms with E-state index in [-0.39, 0.29) is 5.71 Å². The van der Waals surface area contributed by atoms with Crippen LogP contribution in [-0.2, 0) is 15.2 Å². The van der Waals surface area contributed by atoms with Gasteiger partial charge in [-0.3, -0.25) is 10.5 Å². The Kier molecular flexibility index (Phi) is 6.80. The minimum Gasteiger partial charge on any atom is -0.395 e. The Morgan fingerprint density at radius 2 is 1.42 bits per heavy atom. The fourth-order valence-corrected chi connectivity index (χ4v) is 4.47. The Labute approximate surface area is 196 Å². The normalized spacial score (nSPS) is 11.7. The van der Waals surface area contributed by atoms with Gasteiger partial charge in [0.15, 0.2) is 10.8 Å². The maximum absolute atomic E-state index is 11.8. The molecule has 0 saturated heterocycles. The number of rotatable bonds is 9. The molecule has 33 heavy (non-hydrogen) atoms. The topological polar surface area (TPSA) is 87.4 Å². The molecule has 1 radical (unpaired) electrons. The average Bonchev–Trinajstić information content (AvgIpc) is 3.32. The standard InChI is InChI=1S/C26H23N4O2S/c1-2-32-30-23(24(27)31)22-18-33-25(28-22)29-26(19-12-6-3-7-13-19,20-14-8-4-9-15-20)21-16-10-5-11-17-21/h3-18,27H,2H2,1H3,(H,28,29). The molecule has 0 aliphatic heterocycles. The molecule has 2 N–H and O–H groups in total. The zero-order valence-electron chi connectivity index (χ0n) is 18.1. The number of anilines is 1. The molecule has 0 saturated carbocycles. The van der Waals surface area contributed by atoms with Crippen LogP contribution in [0.25, 0.3) is 0 Å². The van der Waals surface area contributed by atoms with Gasteiger partial charge in [-0.05, 0) is 23.6 Å². The highest BCUT2D eigenvalue weighted by molar-refractivity contribution is 7.14. The smallest absolute Gasteiger partial charge is 0.294 e. The van der Waals surface area contributed by atoms with Crippen molar-refractivity contribution in [2.75, 3.05) is 11.9 Å². The Bertz CT molecular complexity index is 1130. The van der Waals surface area contributed by atoms with Crippen LogP contribution in [0.15, 0.2) is 102 Å². The Morgan fingerprint density at radius 1 is 0.939 bits per heavy atom. The summed E-state index contributed by atoms with van der Waals surface area (Å²) in [5.41, 5.74) is 10.1. The molecule has 1 aromatic heterocycles. The molecular weight excluding hydrogens is 432 g/mol. The molecule has 0 spiro atoms. The van der Waals surface area contributed by atoms with E-state index in [0.717, 1.165) is 16.7 Å². The zero-order chi connectivity index (χ0) is 23.1. The molecule has 0 atom stereocenters. The van der Waals surface area contributed by atoms with Gasteiger partial charge in [-0.2, -0.15) is 0 Å². The van der Waals surface area contributed by atoms with Gasteiger partial charge in [0.1, 0.15) is 17.8 Å². The molecule has 4 aromatic rings. The van der Waals surface area contributed by atoms with Crippen molar-refractivity contribution < 1.29 is 9.63 Å². The van der Waals surface area contributed by atoms with E-state index in [4.69, 9.17) is 10.6 Å². The molecule has 0 aliphatic rings. The first kappa shape index (κ1) is 22.2. The summed E-state index contributed by atoms with van der Waals surface area (Å²) < 4.78 is 0. The van der Waals surface area contributed by atoms with E-state index in [1.165, 1.54) is 11.3 Å². The van der Waals surface area contributed by atoms with Gasteiger partial charge in [0.05, 0.1) is 0 Å². The second kappa shape index (κ2) is 10.1. The third-order valence-corrected chi connectivity index (χ3v) is 5.92. The van der Waals surface area contributed by atoms with Gasteiger partial charge in [-0.15, -0.1) is 11.3 Å². The molecule has 0 aliphatic carbocycles. The summed E-state index contributed by atoms with van der Waals surface area (Å²) in [7, 11) is 0. The first-order chi connectivity index (χ1) is 16.1. The van der Waals surface area contributed by atoms with Crippen LogP contribution in [0.5, 0.6) is 0 Å². The number of oxime groups is 1. The first-order valence-corrected chi connectivity index (χ1v) is 11.4. The van der Waals surface area contributed by atoms with Crippen molar-refractivity contribution in [2.24, 2.45) is 5.16 Å².